The molecular formula is C28H28ClFN6O2. The van der Waals surface area contributed by atoms with Crippen LogP contribution in [0.3, 0.4) is 0 Å². The molecule has 1 N–H and O–H groups in total. The van der Waals surface area contributed by atoms with E-state index in [2.05, 4.69) is 20.4 Å². The molecule has 2 aromatic carbocycles. The van der Waals surface area contributed by atoms with E-state index in [1.165, 1.54) is 13.0 Å². The lowest BCUT2D eigenvalue weighted by Crippen LogP contribution is -2.43. The second-order valence-electron chi connectivity index (χ2n) is 9.54. The Bertz CT molecular complexity index is 1500. The number of benzene rings is 2. The van der Waals surface area contributed by atoms with Gasteiger partial charge in [0.1, 0.15) is 23.9 Å². The zero-order valence-corrected chi connectivity index (χ0v) is 22.0. The number of hydrogen-bond acceptors (Lipinski definition) is 6. The fourth-order valence-corrected chi connectivity index (χ4v) is 5.13. The highest BCUT2D eigenvalue weighted by atomic mass is 35.5. The van der Waals surface area contributed by atoms with E-state index in [4.69, 9.17) is 11.6 Å². The van der Waals surface area contributed by atoms with E-state index in [0.29, 0.717) is 47.6 Å². The Morgan fingerprint density at radius 1 is 1.16 bits per heavy atom. The highest BCUT2D eigenvalue weighted by Gasteiger charge is 2.29. The Morgan fingerprint density at radius 3 is 2.71 bits per heavy atom. The first kappa shape index (κ1) is 25.9. The molecule has 1 aliphatic rings. The van der Waals surface area contributed by atoms with E-state index >= 15 is 0 Å². The van der Waals surface area contributed by atoms with Crippen molar-refractivity contribution in [2.24, 2.45) is 0 Å². The van der Waals surface area contributed by atoms with Gasteiger partial charge in [0.25, 0.3) is 0 Å². The summed E-state index contributed by atoms with van der Waals surface area (Å²) in [5.74, 6) is 0.0114. The lowest BCUT2D eigenvalue weighted by Gasteiger charge is -2.25. The predicted octanol–water partition coefficient (Wildman–Crippen LogP) is 4.58. The molecule has 4 aromatic rings. The second kappa shape index (κ2) is 11.0. The summed E-state index contributed by atoms with van der Waals surface area (Å²) >= 11 is 5.88. The lowest BCUT2D eigenvalue weighted by molar-refractivity contribution is -0.132. The third kappa shape index (κ3) is 5.30. The minimum Gasteiger partial charge on any atom is -0.337 e. The standard InChI is InChI=1S/C28H28ClFN6O2/c1-17(37)28-23-11-19(21-13-32-18(2)33-14-21)8-9-25(23)36(34-28)16-26(38)35-10-4-6-22(35)15-31-12-20-5-3-7-24(29)27(20)30/h3,5,7-9,11,13-14,22,31H,4,6,10,12,15-16H2,1-2H3/t22-/m0/s1. The maximum Gasteiger partial charge on any atom is 0.244 e. The largest absolute Gasteiger partial charge is 0.337 e. The fraction of sp³-hybridized carbons (Fsp3) is 0.321. The molecule has 8 nitrogen and oxygen atoms in total. The normalized spacial score (nSPS) is 15.4. The number of ketones is 1. The zero-order chi connectivity index (χ0) is 26.8. The Kier molecular flexibility index (Phi) is 7.49. The van der Waals surface area contributed by atoms with Gasteiger partial charge in [0, 0.05) is 61.5 Å². The van der Waals surface area contributed by atoms with Crippen LogP contribution in [-0.4, -0.2) is 55.5 Å². The van der Waals surface area contributed by atoms with Crippen molar-refractivity contribution < 1.29 is 14.0 Å². The Hall–Kier alpha value is -3.69. The molecular weight excluding hydrogens is 507 g/mol. The Balaban J connectivity index is 1.31. The molecule has 0 saturated carbocycles. The predicted molar refractivity (Wildman–Crippen MR) is 143 cm³/mol. The molecule has 0 aliphatic carbocycles. The molecule has 196 valence electrons. The number of aromatic nitrogens is 4. The summed E-state index contributed by atoms with van der Waals surface area (Å²) in [6, 6.07) is 10.6. The summed E-state index contributed by atoms with van der Waals surface area (Å²) in [7, 11) is 0. The molecule has 1 atom stereocenters. The third-order valence-corrected chi connectivity index (χ3v) is 7.20. The van der Waals surface area contributed by atoms with Crippen molar-refractivity contribution >= 4 is 34.2 Å². The van der Waals surface area contributed by atoms with Gasteiger partial charge in [-0.3, -0.25) is 14.3 Å². The van der Waals surface area contributed by atoms with Gasteiger partial charge in [-0.2, -0.15) is 5.10 Å². The van der Waals surface area contributed by atoms with E-state index in [1.54, 1.807) is 29.2 Å². The lowest BCUT2D eigenvalue weighted by atomic mass is 10.0. The van der Waals surface area contributed by atoms with Crippen LogP contribution in [0.25, 0.3) is 22.0 Å². The van der Waals surface area contributed by atoms with Gasteiger partial charge >= 0.3 is 0 Å². The van der Waals surface area contributed by atoms with Gasteiger partial charge in [-0.1, -0.05) is 29.8 Å². The molecule has 1 aliphatic heterocycles. The molecule has 5 rings (SSSR count). The van der Waals surface area contributed by atoms with E-state index in [9.17, 15) is 14.0 Å². The number of carbonyl (C=O) groups excluding carboxylic acids is 2. The number of nitrogens with one attached hydrogen (secondary N) is 1. The number of likely N-dealkylation sites (tertiary alicyclic amines) is 1. The van der Waals surface area contributed by atoms with E-state index in [1.807, 2.05) is 30.0 Å². The van der Waals surface area contributed by atoms with Crippen LogP contribution in [0.5, 0.6) is 0 Å². The van der Waals surface area contributed by atoms with E-state index < -0.39 is 5.82 Å². The number of nitrogens with zero attached hydrogens (tertiary/aromatic N) is 5. The summed E-state index contributed by atoms with van der Waals surface area (Å²) in [5.41, 5.74) is 3.23. The fourth-order valence-electron chi connectivity index (χ4n) is 4.93. The number of halogens is 2. The number of fused-ring (bicyclic) bond motifs is 1. The van der Waals surface area contributed by atoms with E-state index in [0.717, 1.165) is 24.0 Å². The average Bonchev–Trinajstić information content (AvgIpc) is 3.52. The first-order valence-corrected chi connectivity index (χ1v) is 12.9. The first-order valence-electron chi connectivity index (χ1n) is 12.6. The monoisotopic (exact) mass is 534 g/mol. The SMILES string of the molecule is CC(=O)c1nn(CC(=O)N2CCC[C@H]2CNCc2cccc(Cl)c2F)c2ccc(-c3cnc(C)nc3)cc12. The summed E-state index contributed by atoms with van der Waals surface area (Å²) < 4.78 is 15.8. The summed E-state index contributed by atoms with van der Waals surface area (Å²) in [6.45, 7) is 4.83. The average molecular weight is 535 g/mol. The molecule has 1 saturated heterocycles. The topological polar surface area (TPSA) is 93.0 Å². The molecule has 0 bridgehead atoms. The number of Topliss-reactive ketones (excluding diaryl/α,β-unsaturated/α-hetero) is 1. The number of rotatable bonds is 8. The molecule has 0 spiro atoms. The molecule has 1 amide bonds. The van der Waals surface area contributed by atoms with Crippen LogP contribution < -0.4 is 5.32 Å². The first-order chi connectivity index (χ1) is 18.3. The van der Waals surface area contributed by atoms with Crippen molar-refractivity contribution in [1.82, 2.24) is 30.0 Å². The molecule has 0 unspecified atom stereocenters. The van der Waals surface area contributed by atoms with Gasteiger partial charge in [0.05, 0.1) is 10.5 Å². The number of hydrogen-bond donors (Lipinski definition) is 1. The number of aryl methyl sites for hydroxylation is 1. The second-order valence-corrected chi connectivity index (χ2v) is 9.95. The van der Waals surface area contributed by atoms with Crippen LogP contribution in [0.15, 0.2) is 48.8 Å². The Morgan fingerprint density at radius 2 is 1.95 bits per heavy atom. The van der Waals surface area contributed by atoms with Crippen LogP contribution in [0.1, 0.15) is 41.6 Å². The quantitative estimate of drug-likeness (QED) is 0.333. The molecule has 10 heteroatoms. The van der Waals surface area contributed by atoms with Gasteiger partial charge in [0.15, 0.2) is 5.78 Å². The van der Waals surface area contributed by atoms with Gasteiger partial charge in [-0.15, -0.1) is 0 Å². The van der Waals surface area contributed by atoms with Gasteiger partial charge in [0.2, 0.25) is 5.91 Å². The molecule has 38 heavy (non-hydrogen) atoms. The molecule has 3 heterocycles. The van der Waals surface area contributed by atoms with Gasteiger partial charge < -0.3 is 10.2 Å². The summed E-state index contributed by atoms with van der Waals surface area (Å²) in [4.78, 5) is 36.1. The van der Waals surface area contributed by atoms with Crippen molar-refractivity contribution in [1.29, 1.82) is 0 Å². The van der Waals surface area contributed by atoms with Crippen molar-refractivity contribution in [2.45, 2.75) is 45.8 Å². The number of carbonyl (C=O) groups is 2. The smallest absolute Gasteiger partial charge is 0.244 e. The minimum atomic E-state index is -0.425. The summed E-state index contributed by atoms with van der Waals surface area (Å²) in [6.07, 6.45) is 5.24. The van der Waals surface area contributed by atoms with Crippen LogP contribution >= 0.6 is 11.6 Å². The van der Waals surface area contributed by atoms with Gasteiger partial charge in [-0.05, 0) is 43.5 Å². The van der Waals surface area contributed by atoms with Crippen LogP contribution in [0.2, 0.25) is 5.02 Å². The summed E-state index contributed by atoms with van der Waals surface area (Å²) in [5, 5.41) is 8.56. The number of amides is 1. The van der Waals surface area contributed by atoms with E-state index in [-0.39, 0.29) is 29.3 Å². The van der Waals surface area contributed by atoms with Gasteiger partial charge in [-0.25, -0.2) is 14.4 Å². The highest BCUT2D eigenvalue weighted by molar-refractivity contribution is 6.30. The zero-order valence-electron chi connectivity index (χ0n) is 21.2. The minimum absolute atomic E-state index is 0.00742. The molecule has 2 aromatic heterocycles. The van der Waals surface area contributed by atoms with Crippen molar-refractivity contribution in [3.05, 3.63) is 76.7 Å². The van der Waals surface area contributed by atoms with Crippen molar-refractivity contribution in [3.8, 4) is 11.1 Å². The maximum atomic E-state index is 14.2. The van der Waals surface area contributed by atoms with Crippen LogP contribution in [-0.2, 0) is 17.9 Å². The maximum absolute atomic E-state index is 14.2. The third-order valence-electron chi connectivity index (χ3n) is 6.91. The Labute approximate surface area is 224 Å². The molecule has 1 fully saturated rings. The van der Waals surface area contributed by atoms with Crippen LogP contribution in [0.4, 0.5) is 4.39 Å². The van der Waals surface area contributed by atoms with Crippen LogP contribution in [0, 0.1) is 12.7 Å². The van der Waals surface area contributed by atoms with Crippen molar-refractivity contribution in [3.63, 3.8) is 0 Å². The van der Waals surface area contributed by atoms with Crippen molar-refractivity contribution in [2.75, 3.05) is 13.1 Å². The highest BCUT2D eigenvalue weighted by Crippen LogP contribution is 2.27. The molecule has 0 radical (unpaired) electrons.